The van der Waals surface area contributed by atoms with E-state index in [2.05, 4.69) is 0 Å². The number of hydrogen-bond donors (Lipinski definition) is 2. The van der Waals surface area contributed by atoms with Gasteiger partial charge in [0.1, 0.15) is 5.84 Å². The minimum Gasteiger partial charge on any atom is -0.336 e. The van der Waals surface area contributed by atoms with Gasteiger partial charge in [0.15, 0.2) is 0 Å². The molecule has 2 aromatic rings. The fraction of sp³-hybridized carbons (Fsp3) is 0.448. The van der Waals surface area contributed by atoms with E-state index in [4.69, 9.17) is 10.8 Å². The van der Waals surface area contributed by atoms with E-state index in [0.717, 1.165) is 12.4 Å². The van der Waals surface area contributed by atoms with Crippen LogP contribution >= 0.6 is 0 Å². The largest absolute Gasteiger partial charge is 0.416 e. The van der Waals surface area contributed by atoms with Crippen molar-refractivity contribution < 1.29 is 31.5 Å². The maximum Gasteiger partial charge on any atom is 0.416 e. The number of amides is 2. The third-order valence-electron chi connectivity index (χ3n) is 8.38. The van der Waals surface area contributed by atoms with Crippen LogP contribution in [-0.4, -0.2) is 78.3 Å². The van der Waals surface area contributed by atoms with E-state index in [9.17, 15) is 31.5 Å². The summed E-state index contributed by atoms with van der Waals surface area (Å²) in [5.74, 6) is -3.83. The molecule has 2 fully saturated rings. The number of carbonyl (C=O) groups is 2. The summed E-state index contributed by atoms with van der Waals surface area (Å²) in [4.78, 5) is 31.7. The third-order valence-corrected chi connectivity index (χ3v) is 8.38. The first-order valence-electron chi connectivity index (χ1n) is 13.4. The summed E-state index contributed by atoms with van der Waals surface area (Å²) in [6, 6.07) is 8.67. The molecule has 224 valence electrons. The average Bonchev–Trinajstić information content (AvgIpc) is 3.23. The number of nitrogens with one attached hydrogen (secondary N) is 2. The Labute approximate surface area is 239 Å². The molecule has 1 aliphatic carbocycles. The van der Waals surface area contributed by atoms with Crippen LogP contribution in [0.1, 0.15) is 51.9 Å². The maximum absolute atomic E-state index is 14.2. The molecule has 3 aliphatic rings. The molecule has 1 saturated carbocycles. The van der Waals surface area contributed by atoms with Crippen molar-refractivity contribution in [1.29, 1.82) is 10.8 Å². The molecule has 0 unspecified atom stereocenters. The zero-order chi connectivity index (χ0) is 30.6. The van der Waals surface area contributed by atoms with Crippen molar-refractivity contribution >= 4 is 29.7 Å². The minimum atomic E-state index is -4.74. The SMILES string of the molecule is CN1CCN(Cc2cc3c(c(C(F)(F)F)c2)CN(c2cccc(C4(CC(=N)N(C)C=N)CC(F)(F)C4)c2)C3=O)C(=O)C1. The lowest BCUT2D eigenvalue weighted by Gasteiger charge is -2.48. The highest BCUT2D eigenvalue weighted by Crippen LogP contribution is 2.56. The van der Waals surface area contributed by atoms with Crippen LogP contribution in [0, 0.1) is 10.8 Å². The summed E-state index contributed by atoms with van der Waals surface area (Å²) >= 11 is 0. The average molecular weight is 591 g/mol. The van der Waals surface area contributed by atoms with Gasteiger partial charge in [-0.25, -0.2) is 8.78 Å². The molecular formula is C29H31F5N6O2. The molecule has 2 N–H and O–H groups in total. The summed E-state index contributed by atoms with van der Waals surface area (Å²) in [5.41, 5.74) is -1.43. The smallest absolute Gasteiger partial charge is 0.336 e. The number of rotatable bonds is 7. The number of hydrogen-bond acceptors (Lipinski definition) is 5. The molecule has 0 radical (unpaired) electrons. The second-order valence-electron chi connectivity index (χ2n) is 11.5. The molecule has 1 saturated heterocycles. The summed E-state index contributed by atoms with van der Waals surface area (Å²) in [7, 11) is 3.26. The summed E-state index contributed by atoms with van der Waals surface area (Å²) in [6.45, 7) is 0.684. The lowest BCUT2D eigenvalue weighted by Crippen LogP contribution is -2.51. The number of carbonyl (C=O) groups excluding carboxylic acids is 2. The fourth-order valence-corrected chi connectivity index (χ4v) is 6.13. The van der Waals surface area contributed by atoms with Gasteiger partial charge < -0.3 is 14.7 Å². The third kappa shape index (κ3) is 5.49. The molecule has 13 heteroatoms. The van der Waals surface area contributed by atoms with Gasteiger partial charge >= 0.3 is 6.18 Å². The number of amidine groups is 1. The van der Waals surface area contributed by atoms with Crippen molar-refractivity contribution in [2.24, 2.45) is 0 Å². The van der Waals surface area contributed by atoms with E-state index in [1.807, 2.05) is 4.90 Å². The lowest BCUT2D eigenvalue weighted by atomic mass is 9.60. The van der Waals surface area contributed by atoms with Crippen LogP contribution in [0.5, 0.6) is 0 Å². The summed E-state index contributed by atoms with van der Waals surface area (Å²) < 4.78 is 71.0. The van der Waals surface area contributed by atoms with E-state index < -0.39 is 41.8 Å². The van der Waals surface area contributed by atoms with Crippen molar-refractivity contribution in [1.82, 2.24) is 14.7 Å². The number of nitrogens with zero attached hydrogens (tertiary/aromatic N) is 4. The molecule has 2 amide bonds. The Hall–Kier alpha value is -3.87. The Morgan fingerprint density at radius 1 is 1.10 bits per heavy atom. The Balaban J connectivity index is 1.47. The highest BCUT2D eigenvalue weighted by atomic mass is 19.4. The quantitative estimate of drug-likeness (QED) is 0.278. The number of anilines is 1. The van der Waals surface area contributed by atoms with E-state index in [0.29, 0.717) is 18.7 Å². The van der Waals surface area contributed by atoms with E-state index in [-0.39, 0.29) is 60.2 Å². The summed E-state index contributed by atoms with van der Waals surface area (Å²) in [5, 5.41) is 15.6. The van der Waals surface area contributed by atoms with E-state index in [1.54, 1.807) is 25.2 Å². The number of halogens is 5. The van der Waals surface area contributed by atoms with Crippen molar-refractivity contribution in [3.63, 3.8) is 0 Å². The van der Waals surface area contributed by atoms with Crippen molar-refractivity contribution in [2.45, 2.75) is 49.9 Å². The molecule has 2 aliphatic heterocycles. The zero-order valence-corrected chi connectivity index (χ0v) is 23.2. The Kier molecular flexibility index (Phi) is 7.36. The fourth-order valence-electron chi connectivity index (χ4n) is 6.13. The van der Waals surface area contributed by atoms with Crippen molar-refractivity contribution in [2.75, 3.05) is 38.6 Å². The van der Waals surface area contributed by atoms with Crippen LogP contribution in [0.15, 0.2) is 36.4 Å². The van der Waals surface area contributed by atoms with Gasteiger partial charge in [-0.1, -0.05) is 12.1 Å². The van der Waals surface area contributed by atoms with Crippen LogP contribution in [0.4, 0.5) is 27.6 Å². The van der Waals surface area contributed by atoms with E-state index >= 15 is 0 Å². The number of alkyl halides is 5. The Morgan fingerprint density at radius 2 is 1.81 bits per heavy atom. The molecular weight excluding hydrogens is 559 g/mol. The summed E-state index contributed by atoms with van der Waals surface area (Å²) in [6.07, 6.45) is -4.96. The first kappa shape index (κ1) is 29.6. The minimum absolute atomic E-state index is 0.0308. The molecule has 0 atom stereocenters. The van der Waals surface area contributed by atoms with E-state index in [1.165, 1.54) is 33.9 Å². The van der Waals surface area contributed by atoms with Gasteiger partial charge in [0.25, 0.3) is 5.91 Å². The van der Waals surface area contributed by atoms with Gasteiger partial charge in [-0.15, -0.1) is 0 Å². The van der Waals surface area contributed by atoms with Crippen LogP contribution in [0.25, 0.3) is 0 Å². The van der Waals surface area contributed by atoms with Crippen molar-refractivity contribution in [3.05, 3.63) is 64.2 Å². The predicted molar refractivity (Wildman–Crippen MR) is 146 cm³/mol. The second kappa shape index (κ2) is 10.4. The van der Waals surface area contributed by atoms with Gasteiger partial charge in [-0.05, 0) is 48.0 Å². The van der Waals surface area contributed by atoms with Gasteiger partial charge in [0, 0.05) is 62.6 Å². The molecule has 2 aromatic carbocycles. The van der Waals surface area contributed by atoms with Crippen LogP contribution < -0.4 is 4.90 Å². The van der Waals surface area contributed by atoms with Gasteiger partial charge in [0.2, 0.25) is 11.8 Å². The number of benzene rings is 2. The van der Waals surface area contributed by atoms with Crippen molar-refractivity contribution in [3.8, 4) is 0 Å². The maximum atomic E-state index is 14.2. The molecule has 5 rings (SSSR count). The zero-order valence-electron chi connectivity index (χ0n) is 23.2. The van der Waals surface area contributed by atoms with Gasteiger partial charge in [0.05, 0.1) is 25.0 Å². The Bertz CT molecular complexity index is 1450. The Morgan fingerprint density at radius 3 is 2.43 bits per heavy atom. The van der Waals surface area contributed by atoms with Crippen LogP contribution in [0.3, 0.4) is 0 Å². The number of likely N-dealkylation sites (N-methyl/N-ethyl adjacent to an activating group) is 1. The topological polar surface area (TPSA) is 94.8 Å². The monoisotopic (exact) mass is 590 g/mol. The first-order chi connectivity index (χ1) is 19.6. The van der Waals surface area contributed by atoms with Gasteiger partial charge in [-0.3, -0.25) is 25.3 Å². The normalized spacial score (nSPS) is 19.9. The second-order valence-corrected chi connectivity index (χ2v) is 11.5. The molecule has 0 bridgehead atoms. The molecule has 0 aromatic heterocycles. The number of piperazine rings is 1. The molecule has 42 heavy (non-hydrogen) atoms. The predicted octanol–water partition coefficient (Wildman–Crippen LogP) is 4.71. The van der Waals surface area contributed by atoms with Crippen LogP contribution in [0.2, 0.25) is 0 Å². The standard InChI is InChI=1S/C29H31F5N6O2/c1-37-6-7-39(25(41)14-37)12-18-8-21-22(23(9-18)29(32,33)34)13-40(26(21)42)20-5-3-4-19(10-20)27(15-28(30,31)16-27)11-24(36)38(2)17-35/h3-5,8-10,17,35-36H,6-7,11-16H2,1-2H3. The molecule has 0 spiro atoms. The highest BCUT2D eigenvalue weighted by molar-refractivity contribution is 6.10. The first-order valence-corrected chi connectivity index (χ1v) is 13.4. The highest BCUT2D eigenvalue weighted by Gasteiger charge is 2.57. The molecule has 8 nitrogen and oxygen atoms in total. The van der Waals surface area contributed by atoms with Crippen LogP contribution in [-0.2, 0) is 29.5 Å². The molecule has 2 heterocycles. The van der Waals surface area contributed by atoms with Gasteiger partial charge in [-0.2, -0.15) is 13.2 Å². The number of fused-ring (bicyclic) bond motifs is 1. The lowest BCUT2D eigenvalue weighted by molar-refractivity contribution is -0.138.